The summed E-state index contributed by atoms with van der Waals surface area (Å²) in [6, 6.07) is 3.81. The van der Waals surface area contributed by atoms with Crippen molar-refractivity contribution in [1.29, 1.82) is 0 Å². The van der Waals surface area contributed by atoms with Crippen molar-refractivity contribution in [3.05, 3.63) is 24.2 Å². The molecule has 1 fully saturated rings. The number of hydrogen-bond acceptors (Lipinski definition) is 4. The molecule has 0 bridgehead atoms. The van der Waals surface area contributed by atoms with Gasteiger partial charge in [0.15, 0.2) is 5.96 Å². The molecular formula is C15H26N4O2. The largest absolute Gasteiger partial charge is 0.467 e. The molecule has 0 unspecified atom stereocenters. The molecule has 21 heavy (non-hydrogen) atoms. The summed E-state index contributed by atoms with van der Waals surface area (Å²) in [5.41, 5.74) is 0. The number of nitrogens with one attached hydrogen (secondary N) is 2. The lowest BCUT2D eigenvalue weighted by Crippen LogP contribution is -2.40. The van der Waals surface area contributed by atoms with Gasteiger partial charge in [-0.3, -0.25) is 4.99 Å². The minimum atomic E-state index is -0.0935. The van der Waals surface area contributed by atoms with Gasteiger partial charge in [0.2, 0.25) is 0 Å². The van der Waals surface area contributed by atoms with Gasteiger partial charge in [-0.1, -0.05) is 0 Å². The summed E-state index contributed by atoms with van der Waals surface area (Å²) in [5.74, 6) is 1.69. The van der Waals surface area contributed by atoms with Crippen LogP contribution in [0.5, 0.6) is 0 Å². The normalized spacial score (nSPS) is 17.9. The van der Waals surface area contributed by atoms with Crippen molar-refractivity contribution in [3.63, 3.8) is 0 Å². The number of likely N-dealkylation sites (tertiary alicyclic amines) is 1. The highest BCUT2D eigenvalue weighted by Gasteiger charge is 2.15. The Balaban J connectivity index is 1.56. The van der Waals surface area contributed by atoms with Crippen molar-refractivity contribution in [1.82, 2.24) is 15.5 Å². The SMILES string of the molecule is CN=C(NCCCN1CCC(O)CC1)NCc1ccco1. The fourth-order valence-corrected chi connectivity index (χ4v) is 2.46. The van der Waals surface area contributed by atoms with Crippen molar-refractivity contribution in [2.75, 3.05) is 33.2 Å². The Morgan fingerprint density at radius 3 is 2.90 bits per heavy atom. The van der Waals surface area contributed by atoms with Gasteiger partial charge in [0.05, 0.1) is 18.9 Å². The number of piperidine rings is 1. The maximum Gasteiger partial charge on any atom is 0.191 e. The zero-order valence-electron chi connectivity index (χ0n) is 12.7. The highest BCUT2D eigenvalue weighted by Crippen LogP contribution is 2.09. The standard InChI is InChI=1S/C15H26N4O2/c1-16-15(18-12-14-4-2-11-21-14)17-7-3-8-19-9-5-13(20)6-10-19/h2,4,11,13,20H,3,5-10,12H2,1H3,(H2,16,17,18). The Morgan fingerprint density at radius 2 is 2.24 bits per heavy atom. The van der Waals surface area contributed by atoms with Gasteiger partial charge in [-0.05, 0) is 37.9 Å². The molecule has 2 heterocycles. The minimum Gasteiger partial charge on any atom is -0.467 e. The van der Waals surface area contributed by atoms with Crippen LogP contribution in [0.15, 0.2) is 27.8 Å². The molecule has 6 heteroatoms. The molecular weight excluding hydrogens is 268 g/mol. The monoisotopic (exact) mass is 294 g/mol. The van der Waals surface area contributed by atoms with Crippen molar-refractivity contribution >= 4 is 5.96 Å². The first kappa shape index (κ1) is 15.9. The quantitative estimate of drug-likeness (QED) is 0.411. The van der Waals surface area contributed by atoms with Crippen LogP contribution in [0.3, 0.4) is 0 Å². The van der Waals surface area contributed by atoms with E-state index in [9.17, 15) is 5.11 Å². The second-order valence-electron chi connectivity index (χ2n) is 5.36. The van der Waals surface area contributed by atoms with Crippen LogP contribution >= 0.6 is 0 Å². The number of aliphatic hydroxyl groups is 1. The lowest BCUT2D eigenvalue weighted by Gasteiger charge is -2.29. The third-order valence-electron chi connectivity index (χ3n) is 3.73. The molecule has 2 rings (SSSR count). The second-order valence-corrected chi connectivity index (χ2v) is 5.36. The van der Waals surface area contributed by atoms with Gasteiger partial charge in [0.25, 0.3) is 0 Å². The van der Waals surface area contributed by atoms with Crippen molar-refractivity contribution in [2.24, 2.45) is 4.99 Å². The fourth-order valence-electron chi connectivity index (χ4n) is 2.46. The topological polar surface area (TPSA) is 73.0 Å². The van der Waals surface area contributed by atoms with Crippen LogP contribution in [0.1, 0.15) is 25.0 Å². The number of guanidine groups is 1. The molecule has 0 amide bonds. The summed E-state index contributed by atoms with van der Waals surface area (Å²) in [5, 5.41) is 16.0. The smallest absolute Gasteiger partial charge is 0.191 e. The van der Waals surface area contributed by atoms with E-state index < -0.39 is 0 Å². The molecule has 6 nitrogen and oxygen atoms in total. The molecule has 1 aliphatic heterocycles. The van der Waals surface area contributed by atoms with Crippen LogP contribution in [0, 0.1) is 0 Å². The molecule has 1 aromatic heterocycles. The van der Waals surface area contributed by atoms with E-state index in [1.807, 2.05) is 12.1 Å². The van der Waals surface area contributed by atoms with E-state index in [-0.39, 0.29) is 6.10 Å². The van der Waals surface area contributed by atoms with Gasteiger partial charge in [0.1, 0.15) is 5.76 Å². The maximum atomic E-state index is 9.47. The molecule has 3 N–H and O–H groups in total. The zero-order chi connectivity index (χ0) is 14.9. The number of aliphatic imine (C=N–C) groups is 1. The zero-order valence-corrected chi connectivity index (χ0v) is 12.7. The summed E-state index contributed by atoms with van der Waals surface area (Å²) in [7, 11) is 1.77. The van der Waals surface area contributed by atoms with E-state index in [1.54, 1.807) is 13.3 Å². The Hall–Kier alpha value is -1.53. The highest BCUT2D eigenvalue weighted by molar-refractivity contribution is 5.79. The van der Waals surface area contributed by atoms with Crippen LogP contribution < -0.4 is 10.6 Å². The lowest BCUT2D eigenvalue weighted by molar-refractivity contribution is 0.0823. The number of hydrogen-bond donors (Lipinski definition) is 3. The van der Waals surface area contributed by atoms with Crippen LogP contribution in [0.25, 0.3) is 0 Å². The first-order chi connectivity index (χ1) is 10.3. The van der Waals surface area contributed by atoms with Crippen molar-refractivity contribution in [2.45, 2.75) is 31.9 Å². The van der Waals surface area contributed by atoms with E-state index in [2.05, 4.69) is 20.5 Å². The lowest BCUT2D eigenvalue weighted by atomic mass is 10.1. The summed E-state index contributed by atoms with van der Waals surface area (Å²) >= 11 is 0. The van der Waals surface area contributed by atoms with Gasteiger partial charge in [0, 0.05) is 26.7 Å². The van der Waals surface area contributed by atoms with Gasteiger partial charge in [-0.15, -0.1) is 0 Å². The van der Waals surface area contributed by atoms with Crippen LogP contribution in [0.4, 0.5) is 0 Å². The number of rotatable bonds is 6. The highest BCUT2D eigenvalue weighted by atomic mass is 16.3. The first-order valence-electron chi connectivity index (χ1n) is 7.65. The van der Waals surface area contributed by atoms with Crippen LogP contribution in [-0.2, 0) is 6.54 Å². The van der Waals surface area contributed by atoms with Crippen molar-refractivity contribution in [3.8, 4) is 0 Å². The molecule has 0 spiro atoms. The Morgan fingerprint density at radius 1 is 1.43 bits per heavy atom. The first-order valence-corrected chi connectivity index (χ1v) is 7.65. The molecule has 1 saturated heterocycles. The molecule has 1 aromatic rings. The molecule has 0 atom stereocenters. The predicted octanol–water partition coefficient (Wildman–Crippen LogP) is 0.791. The summed E-state index contributed by atoms with van der Waals surface area (Å²) < 4.78 is 5.27. The van der Waals surface area contributed by atoms with Crippen molar-refractivity contribution < 1.29 is 9.52 Å². The van der Waals surface area contributed by atoms with Gasteiger partial charge < -0.3 is 25.1 Å². The number of furan rings is 1. The predicted molar refractivity (Wildman–Crippen MR) is 83.2 cm³/mol. The molecule has 0 radical (unpaired) electrons. The van der Waals surface area contributed by atoms with Gasteiger partial charge in [-0.2, -0.15) is 0 Å². The molecule has 118 valence electrons. The van der Waals surface area contributed by atoms with Gasteiger partial charge in [-0.25, -0.2) is 0 Å². The third kappa shape index (κ3) is 5.77. The average Bonchev–Trinajstić information content (AvgIpc) is 3.02. The Kier molecular flexibility index (Phi) is 6.56. The molecule has 0 aromatic carbocycles. The number of nitrogens with zero attached hydrogens (tertiary/aromatic N) is 2. The van der Waals surface area contributed by atoms with E-state index in [1.165, 1.54) is 0 Å². The summed E-state index contributed by atoms with van der Waals surface area (Å²) in [4.78, 5) is 6.60. The van der Waals surface area contributed by atoms with E-state index in [0.717, 1.165) is 57.2 Å². The molecule has 1 aliphatic rings. The molecule has 0 aliphatic carbocycles. The maximum absolute atomic E-state index is 9.47. The Bertz CT molecular complexity index is 411. The Labute approximate surface area is 126 Å². The second kappa shape index (κ2) is 8.69. The summed E-state index contributed by atoms with van der Waals surface area (Å²) in [6.07, 6.45) is 4.45. The number of aliphatic hydroxyl groups excluding tert-OH is 1. The third-order valence-corrected chi connectivity index (χ3v) is 3.73. The van der Waals surface area contributed by atoms with E-state index in [4.69, 9.17) is 4.42 Å². The average molecular weight is 294 g/mol. The van der Waals surface area contributed by atoms with E-state index in [0.29, 0.717) is 6.54 Å². The minimum absolute atomic E-state index is 0.0935. The van der Waals surface area contributed by atoms with Crippen LogP contribution in [-0.4, -0.2) is 55.3 Å². The van der Waals surface area contributed by atoms with Crippen LogP contribution in [0.2, 0.25) is 0 Å². The van der Waals surface area contributed by atoms with E-state index >= 15 is 0 Å². The summed E-state index contributed by atoms with van der Waals surface area (Å²) in [6.45, 7) is 4.60. The fraction of sp³-hybridized carbons (Fsp3) is 0.667. The van der Waals surface area contributed by atoms with Gasteiger partial charge >= 0.3 is 0 Å². The molecule has 0 saturated carbocycles.